The Balaban J connectivity index is 1.47. The molecule has 0 fully saturated rings. The summed E-state index contributed by atoms with van der Waals surface area (Å²) in [6.07, 6.45) is 1.96. The predicted octanol–water partition coefficient (Wildman–Crippen LogP) is 7.72. The SMILES string of the molecule is c1ccc(-c2ccc(-c3cccc4c3[nH]c3ccc(-c5ccccc5)cc34)nc2)cc1. The van der Waals surface area contributed by atoms with Crippen LogP contribution in [0, 0.1) is 0 Å². The van der Waals surface area contributed by atoms with Gasteiger partial charge >= 0.3 is 0 Å². The van der Waals surface area contributed by atoms with Crippen molar-refractivity contribution in [3.63, 3.8) is 0 Å². The van der Waals surface area contributed by atoms with E-state index >= 15 is 0 Å². The maximum Gasteiger partial charge on any atom is 0.0723 e. The monoisotopic (exact) mass is 396 g/mol. The van der Waals surface area contributed by atoms with Gasteiger partial charge in [0.05, 0.1) is 11.2 Å². The standard InChI is InChI=1S/C29H20N2/c1-3-8-20(9-4-1)22-14-17-28-26(18-22)24-12-7-13-25(29(24)31-28)27-16-15-23(19-30-27)21-10-5-2-6-11-21/h1-19,31H. The molecular weight excluding hydrogens is 376 g/mol. The van der Waals surface area contributed by atoms with E-state index in [9.17, 15) is 0 Å². The summed E-state index contributed by atoms with van der Waals surface area (Å²) in [5, 5.41) is 2.46. The molecule has 0 aliphatic carbocycles. The van der Waals surface area contributed by atoms with Crippen molar-refractivity contribution in [2.45, 2.75) is 0 Å². The van der Waals surface area contributed by atoms with E-state index in [0.717, 1.165) is 27.9 Å². The van der Waals surface area contributed by atoms with E-state index in [1.807, 2.05) is 12.3 Å². The van der Waals surface area contributed by atoms with E-state index in [2.05, 4.69) is 108 Å². The Kier molecular flexibility index (Phi) is 4.14. The van der Waals surface area contributed by atoms with Crippen molar-refractivity contribution in [2.24, 2.45) is 0 Å². The van der Waals surface area contributed by atoms with E-state index in [0.29, 0.717) is 0 Å². The summed E-state index contributed by atoms with van der Waals surface area (Å²) in [7, 11) is 0. The Hall–Kier alpha value is -4.17. The second kappa shape index (κ2) is 7.26. The Labute approximate surface area is 180 Å². The number of aromatic nitrogens is 2. The molecule has 2 aromatic heterocycles. The molecule has 0 unspecified atom stereocenters. The molecule has 2 heterocycles. The maximum atomic E-state index is 4.79. The molecule has 4 aromatic carbocycles. The highest BCUT2D eigenvalue weighted by atomic mass is 14.7. The van der Waals surface area contributed by atoms with Crippen LogP contribution in [-0.2, 0) is 0 Å². The summed E-state index contributed by atoms with van der Waals surface area (Å²) in [4.78, 5) is 8.42. The van der Waals surface area contributed by atoms with Gasteiger partial charge in [0.25, 0.3) is 0 Å². The molecule has 0 saturated heterocycles. The molecule has 0 aliphatic rings. The Morgan fingerprint density at radius 3 is 1.94 bits per heavy atom. The first kappa shape index (κ1) is 17.7. The van der Waals surface area contributed by atoms with Gasteiger partial charge in [0.2, 0.25) is 0 Å². The molecule has 31 heavy (non-hydrogen) atoms. The average Bonchev–Trinajstić information content (AvgIpc) is 3.23. The molecule has 0 radical (unpaired) electrons. The van der Waals surface area contributed by atoms with Crippen LogP contribution in [0.25, 0.3) is 55.3 Å². The largest absolute Gasteiger partial charge is 0.354 e. The molecule has 6 aromatic rings. The van der Waals surface area contributed by atoms with Gasteiger partial charge in [-0.3, -0.25) is 4.98 Å². The van der Waals surface area contributed by atoms with Crippen molar-refractivity contribution in [2.75, 3.05) is 0 Å². The average molecular weight is 396 g/mol. The third kappa shape index (κ3) is 3.10. The van der Waals surface area contributed by atoms with Crippen LogP contribution in [0.4, 0.5) is 0 Å². The number of nitrogens with one attached hydrogen (secondary N) is 1. The predicted molar refractivity (Wildman–Crippen MR) is 130 cm³/mol. The number of hydrogen-bond donors (Lipinski definition) is 1. The molecule has 2 nitrogen and oxygen atoms in total. The number of para-hydroxylation sites is 1. The van der Waals surface area contributed by atoms with Crippen LogP contribution in [-0.4, -0.2) is 9.97 Å². The fourth-order valence-electron chi connectivity index (χ4n) is 4.30. The van der Waals surface area contributed by atoms with Crippen LogP contribution in [0.1, 0.15) is 0 Å². The number of benzene rings is 4. The first-order valence-electron chi connectivity index (χ1n) is 10.5. The highest BCUT2D eigenvalue weighted by Gasteiger charge is 2.11. The van der Waals surface area contributed by atoms with Crippen LogP contribution >= 0.6 is 0 Å². The number of nitrogens with zero attached hydrogens (tertiary/aromatic N) is 1. The molecule has 0 spiro atoms. The highest BCUT2D eigenvalue weighted by Crippen LogP contribution is 2.35. The van der Waals surface area contributed by atoms with Gasteiger partial charge in [-0.05, 0) is 34.9 Å². The minimum Gasteiger partial charge on any atom is -0.354 e. The molecule has 1 N–H and O–H groups in total. The van der Waals surface area contributed by atoms with Crippen molar-refractivity contribution >= 4 is 21.8 Å². The molecule has 6 rings (SSSR count). The van der Waals surface area contributed by atoms with Gasteiger partial charge in [-0.15, -0.1) is 0 Å². The smallest absolute Gasteiger partial charge is 0.0723 e. The zero-order chi connectivity index (χ0) is 20.6. The van der Waals surface area contributed by atoms with Gasteiger partial charge < -0.3 is 4.98 Å². The first-order chi connectivity index (χ1) is 15.4. The van der Waals surface area contributed by atoms with Gasteiger partial charge in [0, 0.05) is 33.6 Å². The minimum atomic E-state index is 0.972. The van der Waals surface area contributed by atoms with Gasteiger partial charge in [-0.2, -0.15) is 0 Å². The van der Waals surface area contributed by atoms with Crippen molar-refractivity contribution in [3.05, 3.63) is 115 Å². The van der Waals surface area contributed by atoms with E-state index < -0.39 is 0 Å². The van der Waals surface area contributed by atoms with Crippen LogP contribution in [0.15, 0.2) is 115 Å². The summed E-state index contributed by atoms with van der Waals surface area (Å²) >= 11 is 0. The minimum absolute atomic E-state index is 0.972. The number of aromatic amines is 1. The number of pyridine rings is 1. The lowest BCUT2D eigenvalue weighted by Gasteiger charge is -2.05. The summed E-state index contributed by atoms with van der Waals surface area (Å²) in [6.45, 7) is 0. The molecule has 146 valence electrons. The molecule has 0 bridgehead atoms. The Morgan fingerprint density at radius 2 is 1.23 bits per heavy atom. The van der Waals surface area contributed by atoms with Crippen LogP contribution in [0.3, 0.4) is 0 Å². The molecule has 0 saturated carbocycles. The zero-order valence-electron chi connectivity index (χ0n) is 16.9. The topological polar surface area (TPSA) is 28.7 Å². The Morgan fingerprint density at radius 1 is 0.516 bits per heavy atom. The van der Waals surface area contributed by atoms with Gasteiger partial charge in [0.1, 0.15) is 0 Å². The molecule has 0 aliphatic heterocycles. The van der Waals surface area contributed by atoms with Crippen LogP contribution < -0.4 is 0 Å². The van der Waals surface area contributed by atoms with E-state index in [1.54, 1.807) is 0 Å². The highest BCUT2D eigenvalue weighted by molar-refractivity contribution is 6.12. The molecule has 0 amide bonds. The Bertz CT molecular complexity index is 1500. The van der Waals surface area contributed by atoms with Gasteiger partial charge in [-0.1, -0.05) is 91.0 Å². The fraction of sp³-hybridized carbons (Fsp3) is 0. The second-order valence-electron chi connectivity index (χ2n) is 7.78. The van der Waals surface area contributed by atoms with Crippen molar-refractivity contribution < 1.29 is 0 Å². The summed E-state index contributed by atoms with van der Waals surface area (Å²) in [6, 6.07) is 38.2. The molecule has 0 atom stereocenters. The summed E-state index contributed by atoms with van der Waals surface area (Å²) in [5.74, 6) is 0. The van der Waals surface area contributed by atoms with Crippen molar-refractivity contribution in [1.29, 1.82) is 0 Å². The van der Waals surface area contributed by atoms with Crippen LogP contribution in [0.5, 0.6) is 0 Å². The third-order valence-corrected chi connectivity index (χ3v) is 5.89. The van der Waals surface area contributed by atoms with E-state index in [-0.39, 0.29) is 0 Å². The normalized spacial score (nSPS) is 11.2. The molecular formula is C29H20N2. The number of fused-ring (bicyclic) bond motifs is 3. The van der Waals surface area contributed by atoms with Gasteiger partial charge in [-0.25, -0.2) is 0 Å². The van der Waals surface area contributed by atoms with E-state index in [1.165, 1.54) is 27.5 Å². The first-order valence-corrected chi connectivity index (χ1v) is 10.5. The lowest BCUT2D eigenvalue weighted by Crippen LogP contribution is -1.86. The number of H-pyrrole nitrogens is 1. The van der Waals surface area contributed by atoms with Crippen LogP contribution in [0.2, 0.25) is 0 Å². The summed E-state index contributed by atoms with van der Waals surface area (Å²) < 4.78 is 0. The third-order valence-electron chi connectivity index (χ3n) is 5.89. The van der Waals surface area contributed by atoms with Crippen molar-refractivity contribution in [1.82, 2.24) is 9.97 Å². The van der Waals surface area contributed by atoms with E-state index in [4.69, 9.17) is 4.98 Å². The fourth-order valence-corrected chi connectivity index (χ4v) is 4.30. The molecule has 2 heteroatoms. The summed E-state index contributed by atoms with van der Waals surface area (Å²) in [5.41, 5.74) is 9.12. The lowest BCUT2D eigenvalue weighted by molar-refractivity contribution is 1.33. The maximum absolute atomic E-state index is 4.79. The number of hydrogen-bond acceptors (Lipinski definition) is 1. The van der Waals surface area contributed by atoms with Gasteiger partial charge in [0.15, 0.2) is 0 Å². The van der Waals surface area contributed by atoms with Crippen molar-refractivity contribution in [3.8, 4) is 33.5 Å². The zero-order valence-corrected chi connectivity index (χ0v) is 16.9. The number of rotatable bonds is 3. The lowest BCUT2D eigenvalue weighted by atomic mass is 10.0. The second-order valence-corrected chi connectivity index (χ2v) is 7.78. The quantitative estimate of drug-likeness (QED) is 0.326.